The molecule has 2 unspecified atom stereocenters. The van der Waals surface area contributed by atoms with Crippen molar-refractivity contribution in [2.45, 2.75) is 51.2 Å². The van der Waals surface area contributed by atoms with E-state index in [1.807, 2.05) is 0 Å². The molecule has 0 saturated heterocycles. The van der Waals surface area contributed by atoms with E-state index in [2.05, 4.69) is 4.72 Å². The molecule has 1 aliphatic rings. The van der Waals surface area contributed by atoms with Crippen molar-refractivity contribution in [2.75, 3.05) is 12.3 Å². The quantitative estimate of drug-likeness (QED) is 0.639. The third-order valence-electron chi connectivity index (χ3n) is 3.34. The maximum atomic E-state index is 11.8. The first-order valence-electron chi connectivity index (χ1n) is 6.31. The summed E-state index contributed by atoms with van der Waals surface area (Å²) >= 11 is 0. The first-order chi connectivity index (χ1) is 7.91. The van der Waals surface area contributed by atoms with Gasteiger partial charge in [0.1, 0.15) is 0 Å². The van der Waals surface area contributed by atoms with Crippen LogP contribution in [-0.4, -0.2) is 38.0 Å². The van der Waals surface area contributed by atoms with Gasteiger partial charge in [0.15, 0.2) is 0 Å². The van der Waals surface area contributed by atoms with Crippen LogP contribution in [0.1, 0.15) is 39.0 Å². The standard InChI is InChI=1S/C11H24N2O3S/c1-9(14)11(12)7-13-17(15,16)8-10-5-3-2-4-6-10/h9-11,13-14H,2-8,12H2,1H3. The Kier molecular flexibility index (Phi) is 5.85. The highest BCUT2D eigenvalue weighted by atomic mass is 32.2. The average Bonchev–Trinajstić information content (AvgIpc) is 2.26. The molecule has 17 heavy (non-hydrogen) atoms. The topological polar surface area (TPSA) is 92.4 Å². The van der Waals surface area contributed by atoms with E-state index in [-0.39, 0.29) is 18.2 Å². The third kappa shape index (κ3) is 5.81. The summed E-state index contributed by atoms with van der Waals surface area (Å²) in [6.07, 6.45) is 4.79. The molecule has 1 rings (SSSR count). The monoisotopic (exact) mass is 264 g/mol. The van der Waals surface area contributed by atoms with Gasteiger partial charge < -0.3 is 10.8 Å². The lowest BCUT2D eigenvalue weighted by molar-refractivity contribution is 0.164. The molecule has 0 aliphatic heterocycles. The molecule has 0 aromatic rings. The Morgan fingerprint density at radius 2 is 1.94 bits per heavy atom. The maximum absolute atomic E-state index is 11.8. The zero-order chi connectivity index (χ0) is 12.9. The second kappa shape index (κ2) is 6.68. The lowest BCUT2D eigenvalue weighted by Gasteiger charge is -2.22. The smallest absolute Gasteiger partial charge is 0.211 e. The fraction of sp³-hybridized carbons (Fsp3) is 1.00. The second-order valence-electron chi connectivity index (χ2n) is 5.04. The fourth-order valence-corrected chi connectivity index (χ4v) is 3.63. The number of hydrogen-bond acceptors (Lipinski definition) is 4. The van der Waals surface area contributed by atoms with Gasteiger partial charge in [-0.2, -0.15) is 0 Å². The molecule has 1 saturated carbocycles. The van der Waals surface area contributed by atoms with Gasteiger partial charge in [-0.1, -0.05) is 19.3 Å². The molecule has 5 nitrogen and oxygen atoms in total. The number of sulfonamides is 1. The van der Waals surface area contributed by atoms with E-state index >= 15 is 0 Å². The van der Waals surface area contributed by atoms with Crippen LogP contribution in [-0.2, 0) is 10.0 Å². The van der Waals surface area contributed by atoms with Crippen molar-refractivity contribution >= 4 is 10.0 Å². The highest BCUT2D eigenvalue weighted by molar-refractivity contribution is 7.89. The van der Waals surface area contributed by atoms with Crippen molar-refractivity contribution < 1.29 is 13.5 Å². The molecule has 2 atom stereocenters. The molecule has 1 aliphatic carbocycles. The van der Waals surface area contributed by atoms with Gasteiger partial charge in [-0.3, -0.25) is 0 Å². The number of nitrogens with two attached hydrogens (primary N) is 1. The van der Waals surface area contributed by atoms with E-state index in [9.17, 15) is 13.5 Å². The van der Waals surface area contributed by atoms with E-state index < -0.39 is 22.2 Å². The first-order valence-corrected chi connectivity index (χ1v) is 7.97. The second-order valence-corrected chi connectivity index (χ2v) is 6.89. The molecular weight excluding hydrogens is 240 g/mol. The Hall–Kier alpha value is -0.170. The van der Waals surface area contributed by atoms with Crippen LogP contribution in [0.4, 0.5) is 0 Å². The molecule has 0 bridgehead atoms. The molecular formula is C11H24N2O3S. The van der Waals surface area contributed by atoms with Crippen molar-refractivity contribution in [2.24, 2.45) is 11.7 Å². The molecule has 4 N–H and O–H groups in total. The van der Waals surface area contributed by atoms with Crippen LogP contribution in [0.3, 0.4) is 0 Å². The highest BCUT2D eigenvalue weighted by Crippen LogP contribution is 2.24. The van der Waals surface area contributed by atoms with Crippen molar-refractivity contribution in [1.82, 2.24) is 4.72 Å². The molecule has 0 heterocycles. The van der Waals surface area contributed by atoms with E-state index in [1.54, 1.807) is 6.92 Å². The largest absolute Gasteiger partial charge is 0.392 e. The van der Waals surface area contributed by atoms with E-state index in [0.29, 0.717) is 0 Å². The fourth-order valence-electron chi connectivity index (χ4n) is 2.12. The van der Waals surface area contributed by atoms with Gasteiger partial charge in [-0.15, -0.1) is 0 Å². The SMILES string of the molecule is CC(O)C(N)CNS(=O)(=O)CC1CCCCC1. The summed E-state index contributed by atoms with van der Waals surface area (Å²) in [5, 5.41) is 9.18. The lowest BCUT2D eigenvalue weighted by Crippen LogP contribution is -2.44. The zero-order valence-electron chi connectivity index (χ0n) is 10.4. The summed E-state index contributed by atoms with van der Waals surface area (Å²) < 4.78 is 26.0. The molecule has 0 spiro atoms. The minimum absolute atomic E-state index is 0.104. The van der Waals surface area contributed by atoms with Crippen molar-refractivity contribution in [3.63, 3.8) is 0 Å². The van der Waals surface area contributed by atoms with Gasteiger partial charge in [-0.25, -0.2) is 13.1 Å². The predicted octanol–water partition coefficient (Wildman–Crippen LogP) is 0.194. The molecule has 1 fully saturated rings. The summed E-state index contributed by atoms with van der Waals surface area (Å²) in [5.74, 6) is 0.475. The lowest BCUT2D eigenvalue weighted by atomic mass is 9.91. The summed E-state index contributed by atoms with van der Waals surface area (Å²) in [4.78, 5) is 0. The number of aliphatic hydroxyl groups excluding tert-OH is 1. The normalized spacial score (nSPS) is 22.3. The molecule has 6 heteroatoms. The summed E-state index contributed by atoms with van der Waals surface area (Å²) in [6.45, 7) is 1.66. The van der Waals surface area contributed by atoms with Crippen molar-refractivity contribution in [1.29, 1.82) is 0 Å². The summed E-state index contributed by atoms with van der Waals surface area (Å²) in [6, 6.07) is -0.545. The Balaban J connectivity index is 2.34. The summed E-state index contributed by atoms with van der Waals surface area (Å²) in [5.41, 5.74) is 5.58. The summed E-state index contributed by atoms with van der Waals surface area (Å²) in [7, 11) is -3.25. The Morgan fingerprint density at radius 3 is 2.47 bits per heavy atom. The van der Waals surface area contributed by atoms with Gasteiger partial charge in [0.25, 0.3) is 0 Å². The number of aliphatic hydroxyl groups is 1. The van der Waals surface area contributed by atoms with Crippen LogP contribution in [0, 0.1) is 5.92 Å². The minimum atomic E-state index is -3.25. The Morgan fingerprint density at radius 1 is 1.35 bits per heavy atom. The Bertz CT molecular complexity index is 311. The molecule has 0 amide bonds. The molecule has 0 radical (unpaired) electrons. The van der Waals surface area contributed by atoms with Gasteiger partial charge in [0.05, 0.1) is 11.9 Å². The van der Waals surface area contributed by atoms with Gasteiger partial charge in [0, 0.05) is 12.6 Å². The van der Waals surface area contributed by atoms with E-state index in [4.69, 9.17) is 5.73 Å². The van der Waals surface area contributed by atoms with Gasteiger partial charge in [0.2, 0.25) is 10.0 Å². The minimum Gasteiger partial charge on any atom is -0.392 e. The van der Waals surface area contributed by atoms with Crippen LogP contribution in [0.2, 0.25) is 0 Å². The van der Waals surface area contributed by atoms with Gasteiger partial charge in [-0.05, 0) is 25.7 Å². The molecule has 0 aromatic heterocycles. The molecule has 102 valence electrons. The number of hydrogen-bond donors (Lipinski definition) is 3. The average molecular weight is 264 g/mol. The van der Waals surface area contributed by atoms with Crippen LogP contribution in [0.5, 0.6) is 0 Å². The maximum Gasteiger partial charge on any atom is 0.211 e. The number of rotatable bonds is 6. The Labute approximate surface area is 104 Å². The van der Waals surface area contributed by atoms with E-state index in [1.165, 1.54) is 6.42 Å². The van der Waals surface area contributed by atoms with Crippen LogP contribution in [0.15, 0.2) is 0 Å². The van der Waals surface area contributed by atoms with Crippen LogP contribution in [0.25, 0.3) is 0 Å². The molecule has 0 aromatic carbocycles. The predicted molar refractivity (Wildman–Crippen MR) is 68.0 cm³/mol. The van der Waals surface area contributed by atoms with Gasteiger partial charge >= 0.3 is 0 Å². The highest BCUT2D eigenvalue weighted by Gasteiger charge is 2.22. The number of nitrogens with one attached hydrogen (secondary N) is 1. The van der Waals surface area contributed by atoms with Crippen LogP contribution >= 0.6 is 0 Å². The third-order valence-corrected chi connectivity index (χ3v) is 4.86. The zero-order valence-corrected chi connectivity index (χ0v) is 11.2. The van der Waals surface area contributed by atoms with Crippen molar-refractivity contribution in [3.8, 4) is 0 Å². The first kappa shape index (κ1) is 14.9. The van der Waals surface area contributed by atoms with E-state index in [0.717, 1.165) is 25.7 Å². The van der Waals surface area contributed by atoms with Crippen LogP contribution < -0.4 is 10.5 Å². The van der Waals surface area contributed by atoms with Crippen molar-refractivity contribution in [3.05, 3.63) is 0 Å².